The van der Waals surface area contributed by atoms with Gasteiger partial charge in [0.2, 0.25) is 10.0 Å². The zero-order valence-corrected chi connectivity index (χ0v) is 13.3. The molecule has 0 aliphatic rings. The second-order valence-electron chi connectivity index (χ2n) is 4.26. The van der Waals surface area contributed by atoms with Gasteiger partial charge in [-0.1, -0.05) is 0 Å². The number of sulfonamides is 1. The van der Waals surface area contributed by atoms with Crippen molar-refractivity contribution in [2.75, 3.05) is 17.4 Å². The van der Waals surface area contributed by atoms with E-state index in [1.165, 1.54) is 0 Å². The molecule has 0 radical (unpaired) electrons. The van der Waals surface area contributed by atoms with Gasteiger partial charge in [0.25, 0.3) is 0 Å². The first-order valence-electron chi connectivity index (χ1n) is 5.65. The van der Waals surface area contributed by atoms with Crippen molar-refractivity contribution in [2.24, 2.45) is 5.14 Å². The lowest BCUT2D eigenvalue weighted by molar-refractivity contribution is 0.295. The molecule has 0 amide bonds. The lowest BCUT2D eigenvalue weighted by Gasteiger charge is -2.06. The molecule has 0 fully saturated rings. The van der Waals surface area contributed by atoms with Crippen LogP contribution < -0.4 is 5.14 Å². The summed E-state index contributed by atoms with van der Waals surface area (Å²) in [7, 11) is -12.0. The smallest absolute Gasteiger partial charge is 0.223 e. The van der Waals surface area contributed by atoms with Gasteiger partial charge in [0.1, 0.15) is 0 Å². The van der Waals surface area contributed by atoms with E-state index in [1.807, 2.05) is 0 Å². The van der Waals surface area contributed by atoms with Crippen molar-refractivity contribution < 1.29 is 30.4 Å². The molecule has 0 spiro atoms. The maximum Gasteiger partial charge on any atom is 0.223 e. The van der Waals surface area contributed by atoms with Crippen LogP contribution in [0.15, 0.2) is 34.1 Å². The fourth-order valence-electron chi connectivity index (χ4n) is 1.51. The van der Waals surface area contributed by atoms with Gasteiger partial charge in [0, 0.05) is 6.61 Å². The van der Waals surface area contributed by atoms with Gasteiger partial charge in [-0.2, -0.15) is 0 Å². The second kappa shape index (κ2) is 6.40. The summed E-state index contributed by atoms with van der Waals surface area (Å²) in [5.41, 5.74) is 0. The van der Waals surface area contributed by atoms with Crippen LogP contribution in [0.4, 0.5) is 0 Å². The molecular formula is C10H15NO7S3. The highest BCUT2D eigenvalue weighted by Crippen LogP contribution is 2.17. The molecule has 1 rings (SSSR count). The third-order valence-electron chi connectivity index (χ3n) is 2.43. The summed E-state index contributed by atoms with van der Waals surface area (Å²) in [6.07, 6.45) is 0.0633. The molecule has 0 atom stereocenters. The monoisotopic (exact) mass is 357 g/mol. The minimum Gasteiger partial charge on any atom is -0.396 e. The fourth-order valence-corrected chi connectivity index (χ4v) is 5.63. The molecule has 11 heteroatoms. The zero-order chi connectivity index (χ0) is 16.3. The van der Waals surface area contributed by atoms with Crippen LogP contribution in [0.3, 0.4) is 0 Å². The van der Waals surface area contributed by atoms with Crippen LogP contribution in [0, 0.1) is 0 Å². The number of rotatable bonds is 7. The van der Waals surface area contributed by atoms with Crippen molar-refractivity contribution in [3.05, 3.63) is 24.3 Å². The summed E-state index contributed by atoms with van der Waals surface area (Å²) in [6.45, 7) is -0.278. The number of sulfone groups is 2. The Labute approximate surface area is 123 Å². The molecule has 1 aromatic carbocycles. The summed E-state index contributed by atoms with van der Waals surface area (Å²) in [6, 6.07) is 4.16. The van der Waals surface area contributed by atoms with Gasteiger partial charge in [0.15, 0.2) is 24.8 Å². The molecule has 0 heterocycles. The van der Waals surface area contributed by atoms with Crippen LogP contribution in [0.25, 0.3) is 0 Å². The van der Waals surface area contributed by atoms with Crippen LogP contribution in [-0.2, 0) is 29.7 Å². The van der Waals surface area contributed by atoms with Gasteiger partial charge in [-0.15, -0.1) is 0 Å². The molecule has 120 valence electrons. The van der Waals surface area contributed by atoms with E-state index in [0.717, 1.165) is 24.3 Å². The lowest BCUT2D eigenvalue weighted by Crippen LogP contribution is -2.23. The van der Waals surface area contributed by atoms with E-state index in [1.54, 1.807) is 0 Å². The molecule has 0 saturated heterocycles. The van der Waals surface area contributed by atoms with E-state index in [-0.39, 0.29) is 28.6 Å². The van der Waals surface area contributed by atoms with Crippen molar-refractivity contribution in [3.8, 4) is 0 Å². The summed E-state index contributed by atoms with van der Waals surface area (Å²) in [5, 5.41) is 12.1. The summed E-state index contributed by atoms with van der Waals surface area (Å²) >= 11 is 0. The molecule has 21 heavy (non-hydrogen) atoms. The van der Waals surface area contributed by atoms with Gasteiger partial charge < -0.3 is 5.11 Å². The Hall–Kier alpha value is -1.01. The van der Waals surface area contributed by atoms with Gasteiger partial charge in [-0.25, -0.2) is 30.4 Å². The Morgan fingerprint density at radius 3 is 1.67 bits per heavy atom. The topological polar surface area (TPSA) is 149 Å². The highest BCUT2D eigenvalue weighted by atomic mass is 32.3. The number of hydrogen-bond acceptors (Lipinski definition) is 7. The zero-order valence-electron chi connectivity index (χ0n) is 10.8. The molecule has 8 nitrogen and oxygen atoms in total. The van der Waals surface area contributed by atoms with Crippen LogP contribution in [0.5, 0.6) is 0 Å². The van der Waals surface area contributed by atoms with E-state index >= 15 is 0 Å². The third kappa shape index (κ3) is 5.36. The van der Waals surface area contributed by atoms with Gasteiger partial charge in [0.05, 0.1) is 15.5 Å². The van der Waals surface area contributed by atoms with Gasteiger partial charge in [-0.05, 0) is 30.7 Å². The Morgan fingerprint density at radius 2 is 1.29 bits per heavy atom. The summed E-state index contributed by atoms with van der Waals surface area (Å²) in [5.74, 6) is -0.271. The van der Waals surface area contributed by atoms with Crippen LogP contribution in [0.2, 0.25) is 0 Å². The molecule has 0 bridgehead atoms. The molecule has 0 aromatic heterocycles. The number of aliphatic hydroxyl groups excluding tert-OH is 1. The van der Waals surface area contributed by atoms with Crippen LogP contribution in [0.1, 0.15) is 6.42 Å². The van der Waals surface area contributed by atoms with Gasteiger partial charge in [-0.3, -0.25) is 0 Å². The van der Waals surface area contributed by atoms with E-state index in [4.69, 9.17) is 5.11 Å². The molecule has 0 aliphatic carbocycles. The second-order valence-corrected chi connectivity index (χ2v) is 10.3. The normalized spacial score (nSPS) is 13.2. The van der Waals surface area contributed by atoms with Crippen molar-refractivity contribution in [2.45, 2.75) is 16.2 Å². The van der Waals surface area contributed by atoms with Crippen molar-refractivity contribution in [1.82, 2.24) is 0 Å². The van der Waals surface area contributed by atoms with Crippen molar-refractivity contribution >= 4 is 29.7 Å². The standard InChI is InChI=1S/C10H15NO7S3/c11-21(17,18)8-20(15,16)10-4-2-9(3-5-10)19(13,14)7-1-6-12/h2-5,12H,1,6-8H2,(H2,11,17,18). The van der Waals surface area contributed by atoms with E-state index < -0.39 is 34.8 Å². The third-order valence-corrected chi connectivity index (χ3v) is 7.79. The predicted octanol–water partition coefficient (Wildman–Crippen LogP) is -1.14. The predicted molar refractivity (Wildman–Crippen MR) is 75.4 cm³/mol. The molecule has 3 N–H and O–H groups in total. The molecule has 1 aromatic rings. The Kier molecular flexibility index (Phi) is 5.50. The number of hydrogen-bond donors (Lipinski definition) is 2. The SMILES string of the molecule is NS(=O)(=O)CS(=O)(=O)c1ccc(S(=O)(=O)CCCO)cc1. The number of aliphatic hydroxyl groups is 1. The Bertz CT molecular complexity index is 793. The summed E-state index contributed by atoms with van der Waals surface area (Å²) in [4.78, 5) is -0.442. The quantitative estimate of drug-likeness (QED) is 0.626. The molecule has 0 saturated carbocycles. The first-order chi connectivity index (χ1) is 9.48. The average Bonchev–Trinajstić information content (AvgIpc) is 2.34. The van der Waals surface area contributed by atoms with Crippen LogP contribution in [-0.4, -0.2) is 47.8 Å². The largest absolute Gasteiger partial charge is 0.396 e. The van der Waals surface area contributed by atoms with Crippen molar-refractivity contribution in [1.29, 1.82) is 0 Å². The number of nitrogens with two attached hydrogens (primary N) is 1. The maximum atomic E-state index is 11.8. The average molecular weight is 357 g/mol. The highest BCUT2D eigenvalue weighted by molar-refractivity contribution is 8.07. The van der Waals surface area contributed by atoms with E-state index in [0.29, 0.717) is 0 Å². The van der Waals surface area contributed by atoms with Gasteiger partial charge >= 0.3 is 0 Å². The molecular weight excluding hydrogens is 342 g/mol. The van der Waals surface area contributed by atoms with Crippen LogP contribution >= 0.6 is 0 Å². The molecule has 0 unspecified atom stereocenters. The minimum absolute atomic E-state index is 0.0633. The Morgan fingerprint density at radius 1 is 0.857 bits per heavy atom. The highest BCUT2D eigenvalue weighted by Gasteiger charge is 2.22. The minimum atomic E-state index is -4.21. The lowest BCUT2D eigenvalue weighted by atomic mass is 10.4. The summed E-state index contributed by atoms with van der Waals surface area (Å²) < 4.78 is 68.8. The van der Waals surface area contributed by atoms with Crippen molar-refractivity contribution in [3.63, 3.8) is 0 Å². The Balaban J connectivity index is 3.09. The van der Waals surface area contributed by atoms with E-state index in [9.17, 15) is 25.3 Å². The fraction of sp³-hybridized carbons (Fsp3) is 0.400. The first kappa shape index (κ1) is 18.0. The molecule has 0 aliphatic heterocycles. The maximum absolute atomic E-state index is 11.8. The number of primary sulfonamides is 1. The van der Waals surface area contributed by atoms with E-state index in [2.05, 4.69) is 5.14 Å². The number of benzene rings is 1. The first-order valence-corrected chi connectivity index (χ1v) is 10.7.